The number of esters is 1. The minimum Gasteiger partial charge on any atom is -0.467 e. The molecule has 8 heteroatoms. The molecule has 1 fully saturated rings. The molecule has 5 rings (SSSR count). The Morgan fingerprint density at radius 2 is 1.89 bits per heavy atom. The molecule has 6 nitrogen and oxygen atoms in total. The maximum absolute atomic E-state index is 14.1. The van der Waals surface area contributed by atoms with Crippen LogP contribution < -0.4 is 9.80 Å². The van der Waals surface area contributed by atoms with Crippen LogP contribution in [0.5, 0.6) is 0 Å². The summed E-state index contributed by atoms with van der Waals surface area (Å²) < 4.78 is 20.1. The number of hydrogen-bond acceptors (Lipinski definition) is 6. The van der Waals surface area contributed by atoms with E-state index in [1.54, 1.807) is 28.4 Å². The maximum Gasteiger partial charge on any atom is 0.328 e. The van der Waals surface area contributed by atoms with E-state index < -0.39 is 6.04 Å². The smallest absolute Gasteiger partial charge is 0.328 e. The molecule has 0 saturated carbocycles. The van der Waals surface area contributed by atoms with Gasteiger partial charge in [-0.25, -0.2) is 9.18 Å². The average Bonchev–Trinajstić information content (AvgIpc) is 3.37. The van der Waals surface area contributed by atoms with E-state index in [4.69, 9.17) is 4.74 Å². The normalized spacial score (nSPS) is 17.4. The molecule has 1 aromatic heterocycles. The van der Waals surface area contributed by atoms with E-state index in [0.29, 0.717) is 19.3 Å². The van der Waals surface area contributed by atoms with E-state index in [1.807, 2.05) is 12.3 Å². The number of anilines is 2. The average molecular weight is 510 g/mol. The van der Waals surface area contributed by atoms with Crippen LogP contribution in [-0.4, -0.2) is 62.7 Å². The number of carbonyl (C=O) groups is 2. The first-order chi connectivity index (χ1) is 17.5. The van der Waals surface area contributed by atoms with E-state index in [1.165, 1.54) is 7.11 Å². The number of hydrogen-bond donors (Lipinski definition) is 0. The summed E-state index contributed by atoms with van der Waals surface area (Å²) in [6.07, 6.45) is 2.48. The molecule has 3 aromatic rings. The van der Waals surface area contributed by atoms with Crippen molar-refractivity contribution in [1.82, 2.24) is 4.90 Å². The third-order valence-electron chi connectivity index (χ3n) is 7.40. The molecular weight excluding hydrogens is 477 g/mol. The highest BCUT2D eigenvalue weighted by Crippen LogP contribution is 2.34. The number of rotatable bonds is 7. The first kappa shape index (κ1) is 24.7. The standard InChI is InChI=1S/C28H32FN3O3S/c1-3-23(28(34)35-2)32-24-16-19(4-5-20(24)6-7-27(32)33)8-10-30-11-13-31(14-12-30)25-17-21(29)18-26-22(25)9-15-36-26/h4-5,9,15-18,23H,3,6-8,10-14H2,1-2H3. The molecule has 2 aliphatic rings. The van der Waals surface area contributed by atoms with Crippen molar-refractivity contribution < 1.29 is 18.7 Å². The van der Waals surface area contributed by atoms with Gasteiger partial charge < -0.3 is 9.64 Å². The van der Waals surface area contributed by atoms with Crippen molar-refractivity contribution in [2.45, 2.75) is 38.6 Å². The number of ether oxygens (including phenoxy) is 1. The van der Waals surface area contributed by atoms with Gasteiger partial charge in [0.05, 0.1) is 7.11 Å². The van der Waals surface area contributed by atoms with E-state index in [9.17, 15) is 14.0 Å². The summed E-state index contributed by atoms with van der Waals surface area (Å²) in [6, 6.07) is 11.1. The fourth-order valence-corrected chi connectivity index (χ4v) is 6.24. The van der Waals surface area contributed by atoms with Gasteiger partial charge in [-0.15, -0.1) is 11.3 Å². The van der Waals surface area contributed by atoms with Gasteiger partial charge in [-0.2, -0.15) is 0 Å². The second-order valence-corrected chi connectivity index (χ2v) is 10.5. The van der Waals surface area contributed by atoms with Gasteiger partial charge >= 0.3 is 5.97 Å². The molecular formula is C28H32FN3O3S. The zero-order valence-corrected chi connectivity index (χ0v) is 21.7. The molecule has 0 aliphatic carbocycles. The molecule has 1 unspecified atom stereocenters. The lowest BCUT2D eigenvalue weighted by Crippen LogP contribution is -2.48. The summed E-state index contributed by atoms with van der Waals surface area (Å²) in [6.45, 7) is 6.36. The molecule has 0 radical (unpaired) electrons. The molecule has 2 aromatic carbocycles. The minimum atomic E-state index is -0.595. The molecule has 1 saturated heterocycles. The summed E-state index contributed by atoms with van der Waals surface area (Å²) in [7, 11) is 1.37. The zero-order chi connectivity index (χ0) is 25.2. The third-order valence-corrected chi connectivity index (χ3v) is 8.27. The number of carbonyl (C=O) groups excluding carboxylic acids is 2. The van der Waals surface area contributed by atoms with Crippen molar-refractivity contribution in [3.05, 3.63) is 58.7 Å². The number of aryl methyl sites for hydroxylation is 1. The Hall–Kier alpha value is -2.97. The lowest BCUT2D eigenvalue weighted by molar-refractivity contribution is -0.143. The Labute approximate surface area is 215 Å². The number of thiophene rings is 1. The van der Waals surface area contributed by atoms with E-state index >= 15 is 0 Å². The number of halogens is 1. The van der Waals surface area contributed by atoms with Crippen molar-refractivity contribution in [1.29, 1.82) is 0 Å². The van der Waals surface area contributed by atoms with Crippen molar-refractivity contribution in [3.63, 3.8) is 0 Å². The summed E-state index contributed by atoms with van der Waals surface area (Å²) in [5.74, 6) is -0.579. The van der Waals surface area contributed by atoms with Gasteiger partial charge in [0.15, 0.2) is 0 Å². The Kier molecular flexibility index (Phi) is 7.25. The highest BCUT2D eigenvalue weighted by molar-refractivity contribution is 7.17. The van der Waals surface area contributed by atoms with Crippen LogP contribution in [0.2, 0.25) is 0 Å². The first-order valence-corrected chi connectivity index (χ1v) is 13.5. The summed E-state index contributed by atoms with van der Waals surface area (Å²) in [5, 5.41) is 3.14. The Morgan fingerprint density at radius 3 is 2.64 bits per heavy atom. The fraction of sp³-hybridized carbons (Fsp3) is 0.429. The van der Waals surface area contributed by atoms with E-state index in [0.717, 1.165) is 71.7 Å². The van der Waals surface area contributed by atoms with Crippen LogP contribution in [0.4, 0.5) is 15.8 Å². The number of piperazine rings is 1. The van der Waals surface area contributed by atoms with E-state index in [-0.39, 0.29) is 17.7 Å². The number of methoxy groups -OCH3 is 1. The summed E-state index contributed by atoms with van der Waals surface area (Å²) >= 11 is 1.57. The molecule has 190 valence electrons. The van der Waals surface area contributed by atoms with Crippen LogP contribution >= 0.6 is 11.3 Å². The van der Waals surface area contributed by atoms with Crippen LogP contribution in [0.25, 0.3) is 10.1 Å². The Morgan fingerprint density at radius 1 is 1.08 bits per heavy atom. The van der Waals surface area contributed by atoms with Gasteiger partial charge in [0.25, 0.3) is 0 Å². The van der Waals surface area contributed by atoms with Crippen LogP contribution in [-0.2, 0) is 27.2 Å². The van der Waals surface area contributed by atoms with Crippen molar-refractivity contribution in [2.24, 2.45) is 0 Å². The maximum atomic E-state index is 14.1. The molecule has 1 atom stereocenters. The molecule has 0 N–H and O–H groups in total. The van der Waals surface area contributed by atoms with Crippen LogP contribution in [0.3, 0.4) is 0 Å². The monoisotopic (exact) mass is 509 g/mol. The molecule has 3 heterocycles. The second kappa shape index (κ2) is 10.6. The summed E-state index contributed by atoms with van der Waals surface area (Å²) in [4.78, 5) is 31.6. The van der Waals surface area contributed by atoms with Crippen LogP contribution in [0.15, 0.2) is 41.8 Å². The molecule has 0 spiro atoms. The SMILES string of the molecule is CCC(C(=O)OC)N1C(=O)CCc2ccc(CCN3CCN(c4cc(F)cc5sccc45)CC3)cc21. The topological polar surface area (TPSA) is 53.1 Å². The van der Waals surface area contributed by atoms with Gasteiger partial charge in [-0.1, -0.05) is 19.1 Å². The van der Waals surface area contributed by atoms with Gasteiger partial charge in [0.2, 0.25) is 5.91 Å². The first-order valence-electron chi connectivity index (χ1n) is 12.6. The largest absolute Gasteiger partial charge is 0.467 e. The number of amides is 1. The molecule has 36 heavy (non-hydrogen) atoms. The Balaban J connectivity index is 1.24. The van der Waals surface area contributed by atoms with Crippen LogP contribution in [0.1, 0.15) is 30.9 Å². The van der Waals surface area contributed by atoms with E-state index in [2.05, 4.69) is 34.1 Å². The zero-order valence-electron chi connectivity index (χ0n) is 20.8. The number of fused-ring (bicyclic) bond motifs is 2. The fourth-order valence-electron chi connectivity index (χ4n) is 5.41. The van der Waals surface area contributed by atoms with Crippen LogP contribution in [0, 0.1) is 5.82 Å². The van der Waals surface area contributed by atoms with Crippen molar-refractivity contribution in [3.8, 4) is 0 Å². The molecule has 2 aliphatic heterocycles. The highest BCUT2D eigenvalue weighted by Gasteiger charge is 2.34. The van der Waals surface area contributed by atoms with Gasteiger partial charge in [0.1, 0.15) is 11.9 Å². The number of nitrogens with zero attached hydrogens (tertiary/aromatic N) is 3. The van der Waals surface area contributed by atoms with Gasteiger partial charge in [-0.3, -0.25) is 14.6 Å². The second-order valence-electron chi connectivity index (χ2n) is 9.51. The van der Waals surface area contributed by atoms with Crippen molar-refractivity contribution >= 4 is 44.7 Å². The Bertz CT molecular complexity index is 1270. The minimum absolute atomic E-state index is 0.0231. The predicted molar refractivity (Wildman–Crippen MR) is 142 cm³/mol. The quantitative estimate of drug-likeness (QED) is 0.435. The summed E-state index contributed by atoms with van der Waals surface area (Å²) in [5.41, 5.74) is 4.09. The predicted octanol–water partition coefficient (Wildman–Crippen LogP) is 4.64. The third kappa shape index (κ3) is 4.84. The van der Waals surface area contributed by atoms with Gasteiger partial charge in [-0.05, 0) is 60.0 Å². The highest BCUT2D eigenvalue weighted by atomic mass is 32.1. The molecule has 1 amide bonds. The lowest BCUT2D eigenvalue weighted by Gasteiger charge is -2.37. The number of benzene rings is 2. The van der Waals surface area contributed by atoms with Gasteiger partial charge in [0, 0.05) is 60.6 Å². The molecule has 0 bridgehead atoms. The van der Waals surface area contributed by atoms with Crippen molar-refractivity contribution in [2.75, 3.05) is 49.6 Å². The lowest BCUT2D eigenvalue weighted by atomic mass is 9.96.